The third kappa shape index (κ3) is 4.71. The van der Waals surface area contributed by atoms with Gasteiger partial charge in [0, 0.05) is 27.4 Å². The summed E-state index contributed by atoms with van der Waals surface area (Å²) in [5, 5.41) is 3.40. The molecule has 0 radical (unpaired) electrons. The van der Waals surface area contributed by atoms with E-state index in [4.69, 9.17) is 0 Å². The second-order valence-electron chi connectivity index (χ2n) is 6.44. The van der Waals surface area contributed by atoms with Crippen molar-refractivity contribution in [1.29, 1.82) is 0 Å². The van der Waals surface area contributed by atoms with Crippen LogP contribution in [0.25, 0.3) is 0 Å². The van der Waals surface area contributed by atoms with Crippen molar-refractivity contribution in [3.63, 3.8) is 0 Å². The Morgan fingerprint density at radius 1 is 1.05 bits per heavy atom. The van der Waals surface area contributed by atoms with E-state index in [0.29, 0.717) is 0 Å². The van der Waals surface area contributed by atoms with Gasteiger partial charge in [-0.2, -0.15) is 0 Å². The molecule has 1 heterocycles. The van der Waals surface area contributed by atoms with Crippen LogP contribution in [0, 0.1) is 20.8 Å². The molecule has 0 atom stereocenters. The van der Waals surface area contributed by atoms with E-state index in [0.717, 1.165) is 28.6 Å². The minimum Gasteiger partial charge on any atom is -0.340 e. The van der Waals surface area contributed by atoms with Crippen molar-refractivity contribution < 1.29 is 0 Å². The predicted octanol–water partition coefficient (Wildman–Crippen LogP) is 4.54. The van der Waals surface area contributed by atoms with Crippen LogP contribution in [0.5, 0.6) is 0 Å². The Balaban J connectivity index is 2.17. The van der Waals surface area contributed by atoms with Gasteiger partial charge in [-0.05, 0) is 71.7 Å². The Hall–Kier alpha value is -1.59. The second-order valence-corrected chi connectivity index (χ2v) is 7.32. The summed E-state index contributed by atoms with van der Waals surface area (Å²) < 4.78 is 3.42. The van der Waals surface area contributed by atoms with Gasteiger partial charge in [-0.25, -0.2) is 9.97 Å². The van der Waals surface area contributed by atoms with Gasteiger partial charge >= 0.3 is 0 Å². The van der Waals surface area contributed by atoms with Crippen molar-refractivity contribution in [2.24, 2.45) is 0 Å². The average Bonchev–Trinajstić information content (AvgIpc) is 2.42. The van der Waals surface area contributed by atoms with Gasteiger partial charge in [0.2, 0.25) is 0 Å². The summed E-state index contributed by atoms with van der Waals surface area (Å²) in [5.41, 5.74) is 3.19. The lowest BCUT2D eigenvalue weighted by atomic mass is 10.1. The Bertz CT molecular complexity index is 662. The fourth-order valence-corrected chi connectivity index (χ4v) is 2.63. The molecular formula is C17H24N4S. The van der Waals surface area contributed by atoms with E-state index < -0.39 is 0 Å². The highest BCUT2D eigenvalue weighted by atomic mass is 32.2. The molecule has 4 nitrogen and oxygen atoms in total. The SMILES string of the molecule is Cc1nc(C)c(C)c(Nc2cccc(SNC(C)(C)C)c2)n1. The van der Waals surface area contributed by atoms with Crippen LogP contribution in [-0.2, 0) is 0 Å². The molecule has 0 aliphatic carbocycles. The lowest BCUT2D eigenvalue weighted by Crippen LogP contribution is -2.29. The van der Waals surface area contributed by atoms with Crippen molar-refractivity contribution in [3.05, 3.63) is 41.3 Å². The molecule has 2 N–H and O–H groups in total. The fourth-order valence-electron chi connectivity index (χ4n) is 1.88. The van der Waals surface area contributed by atoms with Gasteiger partial charge in [-0.1, -0.05) is 6.07 Å². The number of aryl methyl sites for hydroxylation is 2. The van der Waals surface area contributed by atoms with E-state index in [1.54, 1.807) is 11.9 Å². The molecule has 2 aromatic rings. The van der Waals surface area contributed by atoms with Crippen molar-refractivity contribution in [1.82, 2.24) is 14.7 Å². The lowest BCUT2D eigenvalue weighted by molar-refractivity contribution is 0.535. The number of hydrogen-bond donors (Lipinski definition) is 2. The van der Waals surface area contributed by atoms with Crippen LogP contribution in [0.1, 0.15) is 37.9 Å². The van der Waals surface area contributed by atoms with E-state index in [1.807, 2.05) is 32.9 Å². The zero-order chi connectivity index (χ0) is 16.3. The summed E-state index contributed by atoms with van der Waals surface area (Å²) in [4.78, 5) is 10.1. The summed E-state index contributed by atoms with van der Waals surface area (Å²) in [6.45, 7) is 12.4. The Labute approximate surface area is 137 Å². The summed E-state index contributed by atoms with van der Waals surface area (Å²) in [5.74, 6) is 1.65. The third-order valence-corrected chi connectivity index (χ3v) is 4.28. The first kappa shape index (κ1) is 16.8. The van der Waals surface area contributed by atoms with E-state index in [-0.39, 0.29) is 5.54 Å². The minimum absolute atomic E-state index is 0.0750. The van der Waals surface area contributed by atoms with E-state index in [1.165, 1.54) is 4.90 Å². The number of nitrogens with zero attached hydrogens (tertiary/aromatic N) is 2. The van der Waals surface area contributed by atoms with Gasteiger partial charge in [0.05, 0.1) is 0 Å². The fraction of sp³-hybridized carbons (Fsp3) is 0.412. The van der Waals surface area contributed by atoms with Crippen LogP contribution in [-0.4, -0.2) is 15.5 Å². The number of hydrogen-bond acceptors (Lipinski definition) is 5. The molecule has 0 bridgehead atoms. The largest absolute Gasteiger partial charge is 0.340 e. The van der Waals surface area contributed by atoms with Gasteiger partial charge in [0.15, 0.2) is 0 Å². The van der Waals surface area contributed by atoms with Crippen molar-refractivity contribution in [2.75, 3.05) is 5.32 Å². The lowest BCUT2D eigenvalue weighted by Gasteiger charge is -2.19. The predicted molar refractivity (Wildman–Crippen MR) is 94.7 cm³/mol. The summed E-state index contributed by atoms with van der Waals surface area (Å²) in [6.07, 6.45) is 0. The van der Waals surface area contributed by atoms with Gasteiger partial charge in [-0.15, -0.1) is 0 Å². The highest BCUT2D eigenvalue weighted by Gasteiger charge is 2.10. The number of benzene rings is 1. The van der Waals surface area contributed by atoms with Gasteiger partial charge < -0.3 is 5.32 Å². The Morgan fingerprint density at radius 2 is 1.77 bits per heavy atom. The molecule has 5 heteroatoms. The molecule has 2 rings (SSSR count). The monoisotopic (exact) mass is 316 g/mol. The van der Waals surface area contributed by atoms with Crippen LogP contribution in [0.15, 0.2) is 29.2 Å². The molecule has 0 saturated heterocycles. The average molecular weight is 316 g/mol. The van der Waals surface area contributed by atoms with E-state index >= 15 is 0 Å². The molecule has 118 valence electrons. The highest BCUT2D eigenvalue weighted by molar-refractivity contribution is 7.97. The zero-order valence-electron chi connectivity index (χ0n) is 14.1. The van der Waals surface area contributed by atoms with Crippen molar-refractivity contribution >= 4 is 23.5 Å². The van der Waals surface area contributed by atoms with Gasteiger partial charge in [0.25, 0.3) is 0 Å². The first-order chi connectivity index (χ1) is 10.2. The first-order valence-electron chi connectivity index (χ1n) is 7.37. The smallest absolute Gasteiger partial charge is 0.137 e. The van der Waals surface area contributed by atoms with E-state index in [9.17, 15) is 0 Å². The molecule has 0 aliphatic heterocycles. The molecule has 0 fully saturated rings. The first-order valence-corrected chi connectivity index (χ1v) is 8.19. The normalized spacial score (nSPS) is 11.5. The van der Waals surface area contributed by atoms with Crippen molar-refractivity contribution in [3.8, 4) is 0 Å². The molecule has 0 amide bonds. The summed E-state index contributed by atoms with van der Waals surface area (Å²) in [7, 11) is 0. The maximum atomic E-state index is 4.50. The van der Waals surface area contributed by atoms with Crippen LogP contribution in [0.2, 0.25) is 0 Å². The van der Waals surface area contributed by atoms with Gasteiger partial charge in [0.1, 0.15) is 11.6 Å². The molecule has 1 aromatic carbocycles. The Morgan fingerprint density at radius 3 is 2.45 bits per heavy atom. The van der Waals surface area contributed by atoms with Gasteiger partial charge in [-0.3, -0.25) is 4.72 Å². The molecule has 22 heavy (non-hydrogen) atoms. The molecule has 0 aliphatic rings. The number of rotatable bonds is 4. The molecule has 0 unspecified atom stereocenters. The minimum atomic E-state index is 0.0750. The van der Waals surface area contributed by atoms with Crippen LogP contribution in [0.4, 0.5) is 11.5 Å². The number of nitrogens with one attached hydrogen (secondary N) is 2. The summed E-state index contributed by atoms with van der Waals surface area (Å²) in [6, 6.07) is 8.31. The third-order valence-electron chi connectivity index (χ3n) is 3.07. The topological polar surface area (TPSA) is 49.8 Å². The van der Waals surface area contributed by atoms with E-state index in [2.05, 4.69) is 52.9 Å². The standard InChI is InChI=1S/C17H24N4S/c1-11-12(2)18-13(3)19-16(11)20-14-8-7-9-15(10-14)22-21-17(4,5)6/h7-10,21H,1-6H3,(H,18,19,20). The van der Waals surface area contributed by atoms with Crippen LogP contribution >= 0.6 is 11.9 Å². The highest BCUT2D eigenvalue weighted by Crippen LogP contribution is 2.25. The molecular weight excluding hydrogens is 292 g/mol. The van der Waals surface area contributed by atoms with Crippen LogP contribution in [0.3, 0.4) is 0 Å². The second kappa shape index (κ2) is 6.67. The summed E-state index contributed by atoms with van der Waals surface area (Å²) >= 11 is 1.64. The molecule has 1 aromatic heterocycles. The zero-order valence-corrected chi connectivity index (χ0v) is 14.9. The maximum Gasteiger partial charge on any atom is 0.137 e. The van der Waals surface area contributed by atoms with Crippen molar-refractivity contribution in [2.45, 2.75) is 52.0 Å². The number of aromatic nitrogens is 2. The Kier molecular flexibility index (Phi) is 5.08. The molecule has 0 spiro atoms. The number of anilines is 2. The van der Waals surface area contributed by atoms with Crippen LogP contribution < -0.4 is 10.0 Å². The molecule has 0 saturated carbocycles. The maximum absolute atomic E-state index is 4.50. The quantitative estimate of drug-likeness (QED) is 0.811.